The lowest BCUT2D eigenvalue weighted by Gasteiger charge is -2.32. The van der Waals surface area contributed by atoms with Crippen LogP contribution in [0.25, 0.3) is 0 Å². The van der Waals surface area contributed by atoms with Crippen LogP contribution in [0.3, 0.4) is 0 Å². The number of benzene rings is 1. The minimum absolute atomic E-state index is 0.238. The third kappa shape index (κ3) is 3.26. The van der Waals surface area contributed by atoms with Crippen LogP contribution < -0.4 is 11.5 Å². The molecule has 1 aliphatic rings. The maximum Gasteiger partial charge on any atom is 0.231 e. The predicted octanol–water partition coefficient (Wildman–Crippen LogP) is 1.55. The Morgan fingerprint density at radius 2 is 1.89 bits per heavy atom. The molecule has 4 nitrogen and oxygen atoms in total. The van der Waals surface area contributed by atoms with E-state index < -0.39 is 0 Å². The van der Waals surface area contributed by atoms with Crippen LogP contribution in [0.2, 0.25) is 0 Å². The fraction of sp³-hybridized carbons (Fsp3) is 0.533. The Labute approximate surface area is 114 Å². The van der Waals surface area contributed by atoms with Crippen LogP contribution in [-0.4, -0.2) is 30.4 Å². The summed E-state index contributed by atoms with van der Waals surface area (Å²) in [4.78, 5) is 13.1. The molecule has 1 aliphatic heterocycles. The van der Waals surface area contributed by atoms with E-state index in [0.717, 1.165) is 37.2 Å². The summed E-state index contributed by atoms with van der Waals surface area (Å²) in [5, 5.41) is 0. The Kier molecular flexibility index (Phi) is 4.10. The normalized spacial score (nSPS) is 17.6. The summed E-state index contributed by atoms with van der Waals surface area (Å²) in [7, 11) is 0. The number of hydrogen-bond acceptors (Lipinski definition) is 3. The number of carbonyl (C=O) groups excluding carboxylic acids is 1. The van der Waals surface area contributed by atoms with E-state index in [2.05, 4.69) is 30.9 Å². The van der Waals surface area contributed by atoms with Gasteiger partial charge in [0.15, 0.2) is 0 Å². The summed E-state index contributed by atoms with van der Waals surface area (Å²) in [5.74, 6) is 0.335. The number of rotatable bonds is 3. The second-order valence-electron chi connectivity index (χ2n) is 5.58. The van der Waals surface area contributed by atoms with Crippen molar-refractivity contribution < 1.29 is 4.79 Å². The predicted molar refractivity (Wildman–Crippen MR) is 77.9 cm³/mol. The number of hydrogen-bond donors (Lipinski definition) is 2. The molecule has 0 aliphatic carbocycles. The summed E-state index contributed by atoms with van der Waals surface area (Å²) in [6, 6.07) is 4.29. The van der Waals surface area contributed by atoms with Gasteiger partial charge in [0, 0.05) is 5.69 Å². The summed E-state index contributed by atoms with van der Waals surface area (Å²) >= 11 is 0. The van der Waals surface area contributed by atoms with Crippen LogP contribution in [0.5, 0.6) is 0 Å². The maximum absolute atomic E-state index is 10.9. The van der Waals surface area contributed by atoms with Crippen molar-refractivity contribution in [3.63, 3.8) is 0 Å². The maximum atomic E-state index is 10.9. The standard InChI is InChI=1S/C15H23N3O/c1-10-8-14(16)11(2)7-13(10)12-3-5-18(6-4-12)9-15(17)19/h7-8,12H,3-6,9,16H2,1-2H3,(H2,17,19). The Balaban J connectivity index is 2.05. The van der Waals surface area contributed by atoms with Crippen molar-refractivity contribution in [2.24, 2.45) is 5.73 Å². The van der Waals surface area contributed by atoms with Crippen LogP contribution in [0, 0.1) is 13.8 Å². The van der Waals surface area contributed by atoms with Gasteiger partial charge in [0.25, 0.3) is 0 Å². The summed E-state index contributed by atoms with van der Waals surface area (Å²) < 4.78 is 0. The fourth-order valence-electron chi connectivity index (χ4n) is 2.92. The first-order chi connectivity index (χ1) is 8.97. The average molecular weight is 261 g/mol. The van der Waals surface area contributed by atoms with Crippen molar-refractivity contribution in [2.45, 2.75) is 32.6 Å². The Morgan fingerprint density at radius 1 is 1.26 bits per heavy atom. The van der Waals surface area contributed by atoms with Crippen LogP contribution >= 0.6 is 0 Å². The molecule has 0 atom stereocenters. The van der Waals surface area contributed by atoms with Gasteiger partial charge in [-0.25, -0.2) is 0 Å². The fourth-order valence-corrected chi connectivity index (χ4v) is 2.92. The van der Waals surface area contributed by atoms with E-state index in [1.54, 1.807) is 0 Å². The zero-order valence-corrected chi connectivity index (χ0v) is 11.8. The number of amides is 1. The van der Waals surface area contributed by atoms with Crippen molar-refractivity contribution in [1.29, 1.82) is 0 Å². The van der Waals surface area contributed by atoms with Gasteiger partial charge in [0.05, 0.1) is 6.54 Å². The number of nitrogens with zero attached hydrogens (tertiary/aromatic N) is 1. The monoisotopic (exact) mass is 261 g/mol. The smallest absolute Gasteiger partial charge is 0.231 e. The van der Waals surface area contributed by atoms with Crippen LogP contribution in [0.4, 0.5) is 5.69 Å². The first-order valence-electron chi connectivity index (χ1n) is 6.84. The van der Waals surface area contributed by atoms with Gasteiger partial charge in [-0.3, -0.25) is 9.69 Å². The summed E-state index contributed by atoms with van der Waals surface area (Å²) in [6.07, 6.45) is 2.16. The molecule has 1 aromatic rings. The van der Waals surface area contributed by atoms with Crippen molar-refractivity contribution in [3.05, 3.63) is 28.8 Å². The van der Waals surface area contributed by atoms with Crippen LogP contribution in [-0.2, 0) is 4.79 Å². The number of piperidine rings is 1. The molecule has 4 heteroatoms. The van der Waals surface area contributed by atoms with Crippen LogP contribution in [0.15, 0.2) is 12.1 Å². The van der Waals surface area contributed by atoms with E-state index in [9.17, 15) is 4.79 Å². The second-order valence-corrected chi connectivity index (χ2v) is 5.58. The molecule has 0 aromatic heterocycles. The SMILES string of the molecule is Cc1cc(C2CCN(CC(N)=O)CC2)c(C)cc1N. The van der Waals surface area contributed by atoms with Gasteiger partial charge in [-0.1, -0.05) is 6.07 Å². The highest BCUT2D eigenvalue weighted by Gasteiger charge is 2.22. The first-order valence-corrected chi connectivity index (χ1v) is 6.84. The van der Waals surface area contributed by atoms with Crippen LogP contribution in [0.1, 0.15) is 35.4 Å². The summed E-state index contributed by atoms with van der Waals surface area (Å²) in [6.45, 7) is 6.45. The highest BCUT2D eigenvalue weighted by atomic mass is 16.1. The Morgan fingerprint density at radius 3 is 2.47 bits per heavy atom. The molecule has 4 N–H and O–H groups in total. The molecule has 1 heterocycles. The van der Waals surface area contributed by atoms with Gasteiger partial charge < -0.3 is 11.5 Å². The minimum Gasteiger partial charge on any atom is -0.399 e. The number of nitrogen functional groups attached to an aromatic ring is 1. The number of carbonyl (C=O) groups is 1. The lowest BCUT2D eigenvalue weighted by Crippen LogP contribution is -2.39. The molecule has 104 valence electrons. The second kappa shape index (κ2) is 5.61. The molecule has 0 bridgehead atoms. The Hall–Kier alpha value is -1.55. The molecular formula is C15H23N3O. The molecule has 19 heavy (non-hydrogen) atoms. The lowest BCUT2D eigenvalue weighted by atomic mass is 9.85. The van der Waals surface area contributed by atoms with Gasteiger partial charge in [-0.05, 0) is 68.5 Å². The van der Waals surface area contributed by atoms with Gasteiger partial charge >= 0.3 is 0 Å². The number of likely N-dealkylation sites (tertiary alicyclic amines) is 1. The molecule has 0 spiro atoms. The van der Waals surface area contributed by atoms with Crippen molar-refractivity contribution in [2.75, 3.05) is 25.4 Å². The Bertz CT molecular complexity index is 477. The zero-order chi connectivity index (χ0) is 14.0. The molecule has 1 amide bonds. The van der Waals surface area contributed by atoms with E-state index in [1.165, 1.54) is 11.1 Å². The van der Waals surface area contributed by atoms with Crippen molar-refractivity contribution >= 4 is 11.6 Å². The van der Waals surface area contributed by atoms with Crippen molar-refractivity contribution in [3.8, 4) is 0 Å². The summed E-state index contributed by atoms with van der Waals surface area (Å²) in [5.41, 5.74) is 15.9. The zero-order valence-electron chi connectivity index (χ0n) is 11.8. The molecule has 1 fully saturated rings. The van der Waals surface area contributed by atoms with Gasteiger partial charge in [-0.2, -0.15) is 0 Å². The topological polar surface area (TPSA) is 72.3 Å². The quantitative estimate of drug-likeness (QED) is 0.811. The molecule has 0 saturated carbocycles. The molecule has 1 aromatic carbocycles. The molecule has 0 unspecified atom stereocenters. The largest absolute Gasteiger partial charge is 0.399 e. The average Bonchev–Trinajstić information content (AvgIpc) is 2.34. The number of primary amides is 1. The molecule has 0 radical (unpaired) electrons. The van der Waals surface area contributed by atoms with Gasteiger partial charge in [0.2, 0.25) is 5.91 Å². The van der Waals surface area contributed by atoms with E-state index in [4.69, 9.17) is 11.5 Å². The van der Waals surface area contributed by atoms with Gasteiger partial charge in [0.1, 0.15) is 0 Å². The highest BCUT2D eigenvalue weighted by Crippen LogP contribution is 2.32. The number of aryl methyl sites for hydroxylation is 2. The lowest BCUT2D eigenvalue weighted by molar-refractivity contribution is -0.119. The minimum atomic E-state index is -0.238. The third-order valence-electron chi connectivity index (χ3n) is 4.06. The number of nitrogens with two attached hydrogens (primary N) is 2. The van der Waals surface area contributed by atoms with Crippen molar-refractivity contribution in [1.82, 2.24) is 4.90 Å². The first kappa shape index (κ1) is 13.9. The molecule has 1 saturated heterocycles. The third-order valence-corrected chi connectivity index (χ3v) is 4.06. The highest BCUT2D eigenvalue weighted by molar-refractivity contribution is 5.75. The molecular weight excluding hydrogens is 238 g/mol. The number of anilines is 1. The van der Waals surface area contributed by atoms with E-state index in [-0.39, 0.29) is 5.91 Å². The van der Waals surface area contributed by atoms with E-state index in [0.29, 0.717) is 12.5 Å². The van der Waals surface area contributed by atoms with Gasteiger partial charge in [-0.15, -0.1) is 0 Å². The molecule has 2 rings (SSSR count). The van der Waals surface area contributed by atoms with E-state index in [1.807, 2.05) is 0 Å². The van der Waals surface area contributed by atoms with E-state index >= 15 is 0 Å².